The Morgan fingerprint density at radius 3 is 2.44 bits per heavy atom. The molecular weight excluding hydrogens is 497 g/mol. The van der Waals surface area contributed by atoms with E-state index in [1.807, 2.05) is 36.4 Å². The maximum atomic E-state index is 13.4. The van der Waals surface area contributed by atoms with E-state index in [4.69, 9.17) is 37.3 Å². The monoisotopic (exact) mass is 519 g/mol. The van der Waals surface area contributed by atoms with Crippen LogP contribution in [0.5, 0.6) is 5.75 Å². The molecule has 36 heavy (non-hydrogen) atoms. The molecule has 6 nitrogen and oxygen atoms in total. The van der Waals surface area contributed by atoms with Crippen LogP contribution >= 0.6 is 23.2 Å². The number of aromatic nitrogens is 2. The van der Waals surface area contributed by atoms with Gasteiger partial charge in [-0.1, -0.05) is 74.3 Å². The number of fused-ring (bicyclic) bond motifs is 2. The van der Waals surface area contributed by atoms with Gasteiger partial charge in [0.2, 0.25) is 5.82 Å². The number of benzene rings is 3. The van der Waals surface area contributed by atoms with Crippen LogP contribution in [0.15, 0.2) is 81.0 Å². The molecule has 0 aliphatic carbocycles. The summed E-state index contributed by atoms with van der Waals surface area (Å²) in [6.07, 6.45) is 1.51. The van der Waals surface area contributed by atoms with Crippen molar-refractivity contribution >= 4 is 51.3 Å². The van der Waals surface area contributed by atoms with Crippen LogP contribution in [-0.2, 0) is 0 Å². The molecule has 0 amide bonds. The van der Waals surface area contributed by atoms with E-state index in [0.29, 0.717) is 50.2 Å². The fourth-order valence-corrected chi connectivity index (χ4v) is 4.30. The number of hydrogen-bond donors (Lipinski definition) is 0. The van der Waals surface area contributed by atoms with Crippen molar-refractivity contribution in [3.05, 3.63) is 92.7 Å². The smallest absolute Gasteiger partial charge is 0.282 e. The molecule has 0 radical (unpaired) electrons. The molecule has 2 heterocycles. The normalized spacial score (nSPS) is 12.1. The minimum absolute atomic E-state index is 0.0515. The number of hydrogen-bond acceptors (Lipinski definition) is 5. The lowest BCUT2D eigenvalue weighted by Crippen LogP contribution is -2.20. The van der Waals surface area contributed by atoms with Crippen molar-refractivity contribution in [2.45, 2.75) is 20.8 Å². The summed E-state index contributed by atoms with van der Waals surface area (Å²) in [5, 5.41) is 6.52. The van der Waals surface area contributed by atoms with Crippen molar-refractivity contribution in [3.63, 3.8) is 0 Å². The van der Waals surface area contributed by atoms with E-state index in [9.17, 15) is 4.79 Å². The first-order chi connectivity index (χ1) is 17.2. The average molecular weight is 520 g/mol. The summed E-state index contributed by atoms with van der Waals surface area (Å²) in [6, 6.07) is 19.9. The molecule has 0 aliphatic rings. The Kier molecular flexibility index (Phi) is 6.33. The topological polar surface area (TPSA) is 69.6 Å². The van der Waals surface area contributed by atoms with E-state index in [1.54, 1.807) is 30.3 Å². The third kappa shape index (κ3) is 4.87. The molecule has 0 N–H and O–H groups in total. The second-order valence-electron chi connectivity index (χ2n) is 9.63. The standard InChI is InChI=1S/C28H23Cl2N3O3/c1-28(2,3)16-35-25-20(29)12-17(13-21(25)30)15-31-33-26(24-14-18-8-4-7-11-23(18)36-24)32-22-10-6-5-9-19(22)27(33)34/h4-15H,16H2,1-3H3. The summed E-state index contributed by atoms with van der Waals surface area (Å²) >= 11 is 12.9. The van der Waals surface area contributed by atoms with Crippen molar-refractivity contribution in [1.29, 1.82) is 0 Å². The zero-order valence-electron chi connectivity index (χ0n) is 20.0. The van der Waals surface area contributed by atoms with Gasteiger partial charge in [-0.05, 0) is 47.4 Å². The second-order valence-corrected chi connectivity index (χ2v) is 10.4. The summed E-state index contributed by atoms with van der Waals surface area (Å²) < 4.78 is 13.1. The van der Waals surface area contributed by atoms with Gasteiger partial charge in [0, 0.05) is 5.39 Å². The van der Waals surface area contributed by atoms with Crippen LogP contribution in [0, 0.1) is 5.41 Å². The Morgan fingerprint density at radius 2 is 1.72 bits per heavy atom. The maximum absolute atomic E-state index is 13.4. The van der Waals surface area contributed by atoms with Crippen molar-refractivity contribution in [2.24, 2.45) is 10.5 Å². The van der Waals surface area contributed by atoms with E-state index in [-0.39, 0.29) is 16.8 Å². The second kappa shape index (κ2) is 9.45. The van der Waals surface area contributed by atoms with Crippen LogP contribution in [0.3, 0.4) is 0 Å². The number of nitrogens with zero attached hydrogens (tertiary/aromatic N) is 3. The van der Waals surface area contributed by atoms with Crippen molar-refractivity contribution < 1.29 is 9.15 Å². The highest BCUT2D eigenvalue weighted by atomic mass is 35.5. The quantitative estimate of drug-likeness (QED) is 0.226. The van der Waals surface area contributed by atoms with Gasteiger partial charge in [-0.25, -0.2) is 4.98 Å². The van der Waals surface area contributed by atoms with E-state index >= 15 is 0 Å². The number of halogens is 2. The molecule has 0 spiro atoms. The highest BCUT2D eigenvalue weighted by Gasteiger charge is 2.18. The Bertz CT molecular complexity index is 1620. The van der Waals surface area contributed by atoms with Crippen LogP contribution in [0.2, 0.25) is 10.0 Å². The van der Waals surface area contributed by atoms with E-state index < -0.39 is 0 Å². The van der Waals surface area contributed by atoms with Gasteiger partial charge in [0.1, 0.15) is 5.58 Å². The first-order valence-electron chi connectivity index (χ1n) is 11.4. The zero-order valence-corrected chi connectivity index (χ0v) is 21.5. The van der Waals surface area contributed by atoms with Crippen LogP contribution < -0.4 is 10.3 Å². The predicted molar refractivity (Wildman–Crippen MR) is 146 cm³/mol. The van der Waals surface area contributed by atoms with Crippen LogP contribution in [0.4, 0.5) is 0 Å². The molecular formula is C28H23Cl2N3O3. The van der Waals surface area contributed by atoms with Gasteiger partial charge >= 0.3 is 0 Å². The third-order valence-corrected chi connectivity index (χ3v) is 5.95. The summed E-state index contributed by atoms with van der Waals surface area (Å²) in [7, 11) is 0. The minimum Gasteiger partial charge on any atom is -0.490 e. The SMILES string of the molecule is CC(C)(C)COc1c(Cl)cc(C=Nn2c(-c3cc4ccccc4o3)nc3ccccc3c2=O)cc1Cl. The van der Waals surface area contributed by atoms with Crippen molar-refractivity contribution in [2.75, 3.05) is 6.61 Å². The van der Waals surface area contributed by atoms with Crippen molar-refractivity contribution in [3.8, 4) is 17.3 Å². The van der Waals surface area contributed by atoms with Gasteiger partial charge in [-0.3, -0.25) is 4.79 Å². The molecule has 8 heteroatoms. The Labute approximate surface area is 217 Å². The lowest BCUT2D eigenvalue weighted by Gasteiger charge is -2.20. The fraction of sp³-hybridized carbons (Fsp3) is 0.179. The molecule has 2 aromatic heterocycles. The molecule has 3 aromatic carbocycles. The summed E-state index contributed by atoms with van der Waals surface area (Å²) in [5.74, 6) is 1.13. The van der Waals surface area contributed by atoms with Gasteiger partial charge in [-0.15, -0.1) is 0 Å². The third-order valence-electron chi connectivity index (χ3n) is 5.39. The largest absolute Gasteiger partial charge is 0.490 e. The number of para-hydroxylation sites is 2. The van der Waals surface area contributed by atoms with Gasteiger partial charge in [0.25, 0.3) is 5.56 Å². The van der Waals surface area contributed by atoms with Gasteiger partial charge in [-0.2, -0.15) is 9.78 Å². The first kappa shape index (κ1) is 24.1. The minimum atomic E-state index is -0.324. The molecule has 0 bridgehead atoms. The number of ether oxygens (including phenoxy) is 1. The average Bonchev–Trinajstić information content (AvgIpc) is 3.26. The number of rotatable bonds is 5. The molecule has 0 unspecified atom stereocenters. The van der Waals surface area contributed by atoms with E-state index in [0.717, 1.165) is 5.39 Å². The van der Waals surface area contributed by atoms with Crippen LogP contribution in [0.25, 0.3) is 33.5 Å². The van der Waals surface area contributed by atoms with E-state index in [2.05, 4.69) is 25.9 Å². The first-order valence-corrected chi connectivity index (χ1v) is 12.1. The summed E-state index contributed by atoms with van der Waals surface area (Å²) in [6.45, 7) is 6.64. The Morgan fingerprint density at radius 1 is 1.03 bits per heavy atom. The van der Waals surface area contributed by atoms with Crippen molar-refractivity contribution in [1.82, 2.24) is 9.66 Å². The molecule has 0 aliphatic heterocycles. The van der Waals surface area contributed by atoms with E-state index in [1.165, 1.54) is 10.9 Å². The molecule has 5 rings (SSSR count). The molecule has 182 valence electrons. The predicted octanol–water partition coefficient (Wildman–Crippen LogP) is 7.42. The number of furan rings is 1. The Balaban J connectivity index is 1.59. The maximum Gasteiger partial charge on any atom is 0.282 e. The highest BCUT2D eigenvalue weighted by molar-refractivity contribution is 6.37. The van der Waals surface area contributed by atoms with Crippen LogP contribution in [0.1, 0.15) is 26.3 Å². The summed E-state index contributed by atoms with van der Waals surface area (Å²) in [5.41, 5.74) is 1.47. The van der Waals surface area contributed by atoms with Gasteiger partial charge < -0.3 is 9.15 Å². The molecule has 0 atom stereocenters. The fourth-order valence-electron chi connectivity index (χ4n) is 3.69. The summed E-state index contributed by atoms with van der Waals surface area (Å²) in [4.78, 5) is 18.1. The molecule has 5 aromatic rings. The zero-order chi connectivity index (χ0) is 25.4. The lowest BCUT2D eigenvalue weighted by atomic mass is 9.99. The molecule has 0 saturated carbocycles. The highest BCUT2D eigenvalue weighted by Crippen LogP contribution is 2.35. The Hall–Kier alpha value is -3.61. The van der Waals surface area contributed by atoms with Gasteiger partial charge in [0.05, 0.1) is 33.8 Å². The van der Waals surface area contributed by atoms with Gasteiger partial charge in [0.15, 0.2) is 11.5 Å². The molecule has 0 saturated heterocycles. The van der Waals surface area contributed by atoms with Crippen LogP contribution in [-0.4, -0.2) is 22.5 Å². The lowest BCUT2D eigenvalue weighted by molar-refractivity contribution is 0.198. The molecule has 0 fully saturated rings.